The van der Waals surface area contributed by atoms with Crippen molar-refractivity contribution in [1.82, 2.24) is 0 Å². The third-order valence-corrected chi connectivity index (χ3v) is 4.50. The Labute approximate surface area is 137 Å². The minimum Gasteiger partial charge on any atom is -0.344 e. The van der Waals surface area contributed by atoms with Gasteiger partial charge in [0.1, 0.15) is 0 Å². The predicted molar refractivity (Wildman–Crippen MR) is 99.1 cm³/mol. The minimum absolute atomic E-state index is 1.24. The van der Waals surface area contributed by atoms with E-state index < -0.39 is 0 Å². The van der Waals surface area contributed by atoms with Gasteiger partial charge in [-0.3, -0.25) is 0 Å². The van der Waals surface area contributed by atoms with Crippen LogP contribution in [0, 0.1) is 6.92 Å². The topological polar surface area (TPSA) is 3.24 Å². The first-order chi connectivity index (χ1) is 11.2. The molecule has 3 aromatic rings. The molecule has 0 N–H and O–H groups in total. The summed E-state index contributed by atoms with van der Waals surface area (Å²) in [7, 11) is 2.14. The molecule has 1 aliphatic rings. The van der Waals surface area contributed by atoms with Gasteiger partial charge in [-0.1, -0.05) is 66.2 Å². The highest BCUT2D eigenvalue weighted by Crippen LogP contribution is 2.44. The lowest BCUT2D eigenvalue weighted by Crippen LogP contribution is -2.17. The molecular formula is C22H19N. The summed E-state index contributed by atoms with van der Waals surface area (Å²) in [6.07, 6.45) is 2.30. The Morgan fingerprint density at radius 3 is 1.78 bits per heavy atom. The molecule has 112 valence electrons. The zero-order valence-corrected chi connectivity index (χ0v) is 13.5. The third-order valence-electron chi connectivity index (χ3n) is 4.50. The van der Waals surface area contributed by atoms with Gasteiger partial charge in [-0.2, -0.15) is 0 Å². The van der Waals surface area contributed by atoms with Gasteiger partial charge in [0.25, 0.3) is 0 Å². The van der Waals surface area contributed by atoms with Gasteiger partial charge in [0.05, 0.1) is 0 Å². The van der Waals surface area contributed by atoms with Crippen LogP contribution in [0.4, 0.5) is 11.4 Å². The van der Waals surface area contributed by atoms with Crippen LogP contribution in [0.3, 0.4) is 0 Å². The monoisotopic (exact) mass is 297 g/mol. The van der Waals surface area contributed by atoms with E-state index in [9.17, 15) is 0 Å². The maximum Gasteiger partial charge on any atom is 0.0488 e. The molecule has 0 radical (unpaired) electrons. The second-order valence-electron chi connectivity index (χ2n) is 6.06. The highest BCUT2D eigenvalue weighted by atomic mass is 15.1. The fourth-order valence-corrected chi connectivity index (χ4v) is 3.25. The molecule has 1 nitrogen and oxygen atoms in total. The molecule has 0 spiro atoms. The molecule has 0 aliphatic carbocycles. The molecule has 0 atom stereocenters. The lowest BCUT2D eigenvalue weighted by Gasteiger charge is -2.31. The molecule has 1 heterocycles. The van der Waals surface area contributed by atoms with Gasteiger partial charge in [0.2, 0.25) is 0 Å². The number of hydrogen-bond donors (Lipinski definition) is 0. The minimum atomic E-state index is 1.24. The maximum atomic E-state index is 2.30. The van der Waals surface area contributed by atoms with Crippen molar-refractivity contribution in [3.8, 4) is 0 Å². The summed E-state index contributed by atoms with van der Waals surface area (Å²) < 4.78 is 0. The summed E-state index contributed by atoms with van der Waals surface area (Å²) in [6.45, 7) is 2.12. The largest absolute Gasteiger partial charge is 0.344 e. The summed E-state index contributed by atoms with van der Waals surface area (Å²) in [5.74, 6) is 0. The number of benzene rings is 3. The van der Waals surface area contributed by atoms with Crippen LogP contribution in [0.15, 0.2) is 72.8 Å². The Morgan fingerprint density at radius 2 is 1.22 bits per heavy atom. The molecule has 0 saturated carbocycles. The molecule has 0 bridgehead atoms. The first-order valence-electron chi connectivity index (χ1n) is 7.95. The Morgan fingerprint density at radius 1 is 0.696 bits per heavy atom. The van der Waals surface area contributed by atoms with Gasteiger partial charge in [0.15, 0.2) is 0 Å². The van der Waals surface area contributed by atoms with Crippen LogP contribution >= 0.6 is 0 Å². The molecule has 4 rings (SSSR count). The number of fused-ring (bicyclic) bond motifs is 2. The standard InChI is InChI=1S/C22H19N/c1-16-11-13-17(14-12-16)15-20-18-7-3-5-9-21(18)23(2)22-10-6-4-8-19(20)22/h3-15H,1-2H3. The van der Waals surface area contributed by atoms with E-state index in [1.54, 1.807) is 0 Å². The second-order valence-corrected chi connectivity index (χ2v) is 6.06. The van der Waals surface area contributed by atoms with Crippen LogP contribution in [-0.2, 0) is 0 Å². The highest BCUT2D eigenvalue weighted by Gasteiger charge is 2.23. The van der Waals surface area contributed by atoms with Gasteiger partial charge >= 0.3 is 0 Å². The first kappa shape index (κ1) is 13.8. The fourth-order valence-electron chi connectivity index (χ4n) is 3.25. The SMILES string of the molecule is Cc1ccc(C=C2c3ccccc3N(C)c3ccccc32)cc1. The Kier molecular flexibility index (Phi) is 3.27. The normalized spacial score (nSPS) is 12.6. The summed E-state index contributed by atoms with van der Waals surface area (Å²) in [5, 5.41) is 0. The zero-order chi connectivity index (χ0) is 15.8. The van der Waals surface area contributed by atoms with E-state index in [0.717, 1.165) is 0 Å². The van der Waals surface area contributed by atoms with Gasteiger partial charge in [-0.25, -0.2) is 0 Å². The van der Waals surface area contributed by atoms with Gasteiger partial charge < -0.3 is 4.90 Å². The molecule has 1 heteroatoms. The molecular weight excluding hydrogens is 278 g/mol. The predicted octanol–water partition coefficient (Wildman–Crippen LogP) is 5.67. The van der Waals surface area contributed by atoms with Gasteiger partial charge in [-0.15, -0.1) is 0 Å². The average Bonchev–Trinajstić information content (AvgIpc) is 2.60. The van der Waals surface area contributed by atoms with Crippen molar-refractivity contribution in [2.45, 2.75) is 6.92 Å². The lowest BCUT2D eigenvalue weighted by atomic mass is 9.89. The number of nitrogens with zero attached hydrogens (tertiary/aromatic N) is 1. The molecule has 0 amide bonds. The van der Waals surface area contributed by atoms with Crippen molar-refractivity contribution >= 4 is 23.0 Å². The lowest BCUT2D eigenvalue weighted by molar-refractivity contribution is 1.17. The van der Waals surface area contributed by atoms with Crippen LogP contribution in [0.2, 0.25) is 0 Å². The van der Waals surface area contributed by atoms with E-state index >= 15 is 0 Å². The number of aryl methyl sites for hydroxylation is 1. The number of hydrogen-bond acceptors (Lipinski definition) is 1. The van der Waals surface area contributed by atoms with E-state index in [2.05, 4.69) is 97.7 Å². The average molecular weight is 297 g/mol. The summed E-state index contributed by atoms with van der Waals surface area (Å²) >= 11 is 0. The fraction of sp³-hybridized carbons (Fsp3) is 0.0909. The van der Waals surface area contributed by atoms with Crippen molar-refractivity contribution in [2.24, 2.45) is 0 Å². The van der Waals surface area contributed by atoms with Crippen molar-refractivity contribution in [3.63, 3.8) is 0 Å². The van der Waals surface area contributed by atoms with Gasteiger partial charge in [0, 0.05) is 29.5 Å². The van der Waals surface area contributed by atoms with Crippen molar-refractivity contribution < 1.29 is 0 Å². The summed E-state index contributed by atoms with van der Waals surface area (Å²) in [4.78, 5) is 2.27. The van der Waals surface area contributed by atoms with Crippen LogP contribution in [-0.4, -0.2) is 7.05 Å². The van der Waals surface area contributed by atoms with Crippen LogP contribution in [0.1, 0.15) is 22.3 Å². The molecule has 3 aromatic carbocycles. The first-order valence-corrected chi connectivity index (χ1v) is 7.95. The van der Waals surface area contributed by atoms with Crippen LogP contribution in [0.25, 0.3) is 11.6 Å². The van der Waals surface area contributed by atoms with Crippen molar-refractivity contribution in [1.29, 1.82) is 0 Å². The maximum absolute atomic E-state index is 2.30. The van der Waals surface area contributed by atoms with E-state index in [0.29, 0.717) is 0 Å². The Bertz CT molecular complexity index is 838. The zero-order valence-electron chi connectivity index (χ0n) is 13.5. The van der Waals surface area contributed by atoms with Crippen molar-refractivity contribution in [2.75, 3.05) is 11.9 Å². The number of anilines is 2. The Balaban J connectivity index is 1.96. The summed E-state index contributed by atoms with van der Waals surface area (Å²) in [5.41, 5.74) is 8.90. The van der Waals surface area contributed by atoms with E-state index in [1.165, 1.54) is 39.2 Å². The molecule has 0 unspecified atom stereocenters. The second kappa shape index (κ2) is 5.44. The third kappa shape index (κ3) is 2.35. The molecule has 0 aromatic heterocycles. The van der Waals surface area contributed by atoms with Crippen LogP contribution < -0.4 is 4.90 Å². The van der Waals surface area contributed by atoms with E-state index in [4.69, 9.17) is 0 Å². The van der Waals surface area contributed by atoms with E-state index in [1.807, 2.05) is 0 Å². The molecule has 0 fully saturated rings. The van der Waals surface area contributed by atoms with E-state index in [-0.39, 0.29) is 0 Å². The number of rotatable bonds is 1. The number of para-hydroxylation sites is 2. The molecule has 1 aliphatic heterocycles. The summed E-state index contributed by atoms with van der Waals surface area (Å²) in [6, 6.07) is 25.9. The molecule has 23 heavy (non-hydrogen) atoms. The smallest absolute Gasteiger partial charge is 0.0488 e. The highest BCUT2D eigenvalue weighted by molar-refractivity contribution is 6.03. The quantitative estimate of drug-likeness (QED) is 0.559. The van der Waals surface area contributed by atoms with Gasteiger partial charge in [-0.05, 0) is 36.3 Å². The molecule has 0 saturated heterocycles. The van der Waals surface area contributed by atoms with Crippen LogP contribution in [0.5, 0.6) is 0 Å². The van der Waals surface area contributed by atoms with Crippen molar-refractivity contribution in [3.05, 3.63) is 95.1 Å². The Hall–Kier alpha value is -2.80.